The molecule has 1 amide bonds. The van der Waals surface area contributed by atoms with Gasteiger partial charge in [-0.25, -0.2) is 0 Å². The topological polar surface area (TPSA) is 54.0 Å². The molecule has 1 aromatic rings. The van der Waals surface area contributed by atoms with Gasteiger partial charge in [0, 0.05) is 31.7 Å². The van der Waals surface area contributed by atoms with E-state index in [1.54, 1.807) is 25.5 Å². The number of thioether (sulfide) groups is 1. The normalized spacial score (nSPS) is 10.0. The minimum Gasteiger partial charge on any atom is -0.387 e. The van der Waals surface area contributed by atoms with Crippen molar-refractivity contribution in [1.82, 2.24) is 10.3 Å². The Bertz CT molecular complexity index is 357. The first kappa shape index (κ1) is 13.8. The van der Waals surface area contributed by atoms with Gasteiger partial charge in [-0.3, -0.25) is 9.78 Å². The average molecular weight is 253 g/mol. The maximum atomic E-state index is 11.9. The van der Waals surface area contributed by atoms with Crippen LogP contribution in [-0.4, -0.2) is 36.5 Å². The molecule has 2 N–H and O–H groups in total. The Morgan fingerprint density at radius 2 is 2.29 bits per heavy atom. The molecule has 0 aliphatic rings. The summed E-state index contributed by atoms with van der Waals surface area (Å²) in [5.74, 6) is 1.08. The summed E-state index contributed by atoms with van der Waals surface area (Å²) in [6, 6.07) is 1.79. The van der Waals surface area contributed by atoms with Crippen molar-refractivity contribution in [2.24, 2.45) is 0 Å². The van der Waals surface area contributed by atoms with E-state index in [0.29, 0.717) is 5.56 Å². The van der Waals surface area contributed by atoms with Gasteiger partial charge in [0.25, 0.3) is 5.91 Å². The van der Waals surface area contributed by atoms with E-state index >= 15 is 0 Å². The molecule has 1 aromatic heterocycles. The van der Waals surface area contributed by atoms with Crippen molar-refractivity contribution in [2.75, 3.05) is 30.9 Å². The van der Waals surface area contributed by atoms with E-state index in [4.69, 9.17) is 0 Å². The maximum absolute atomic E-state index is 11.9. The highest BCUT2D eigenvalue weighted by Gasteiger charge is 2.09. The third-order valence-corrected chi connectivity index (χ3v) is 3.09. The summed E-state index contributed by atoms with van der Waals surface area (Å²) in [6.45, 7) is 0.720. The van der Waals surface area contributed by atoms with E-state index in [1.165, 1.54) is 0 Å². The van der Waals surface area contributed by atoms with Gasteiger partial charge in [0.05, 0.1) is 5.56 Å². The number of carbonyl (C=O) groups excluding carboxylic acids is 1. The number of amides is 1. The molecule has 0 saturated heterocycles. The van der Waals surface area contributed by atoms with Gasteiger partial charge in [-0.15, -0.1) is 0 Å². The predicted octanol–water partition coefficient (Wildman–Crippen LogP) is 2.00. The highest BCUT2D eigenvalue weighted by molar-refractivity contribution is 7.98. The standard InChI is InChI=1S/C12H19N3OS/c1-13-11-5-7-14-9-10(11)12(16)15-6-3-4-8-17-2/h5,7,9H,3-4,6,8H2,1-2H3,(H,13,14)(H,15,16). The number of hydrogen-bond acceptors (Lipinski definition) is 4. The van der Waals surface area contributed by atoms with Gasteiger partial charge in [0.15, 0.2) is 0 Å². The number of rotatable bonds is 7. The van der Waals surface area contributed by atoms with Crippen LogP contribution in [0.25, 0.3) is 0 Å². The van der Waals surface area contributed by atoms with Crippen LogP contribution in [0, 0.1) is 0 Å². The minimum atomic E-state index is -0.0633. The van der Waals surface area contributed by atoms with Crippen molar-refractivity contribution in [3.05, 3.63) is 24.0 Å². The maximum Gasteiger partial charge on any atom is 0.254 e. The minimum absolute atomic E-state index is 0.0633. The number of anilines is 1. The van der Waals surface area contributed by atoms with Crippen molar-refractivity contribution in [2.45, 2.75) is 12.8 Å². The highest BCUT2D eigenvalue weighted by atomic mass is 32.2. The van der Waals surface area contributed by atoms with E-state index in [0.717, 1.165) is 30.8 Å². The largest absolute Gasteiger partial charge is 0.387 e. The van der Waals surface area contributed by atoms with Gasteiger partial charge in [-0.1, -0.05) is 0 Å². The average Bonchev–Trinajstić information content (AvgIpc) is 2.38. The Kier molecular flexibility index (Phi) is 6.47. The first-order valence-electron chi connectivity index (χ1n) is 5.68. The Balaban J connectivity index is 2.41. The van der Waals surface area contributed by atoms with Gasteiger partial charge in [-0.05, 0) is 30.9 Å². The summed E-state index contributed by atoms with van der Waals surface area (Å²) in [6.07, 6.45) is 7.49. The Labute approximate surface area is 107 Å². The molecule has 1 rings (SSSR count). The summed E-state index contributed by atoms with van der Waals surface area (Å²) in [5.41, 5.74) is 1.40. The van der Waals surface area contributed by atoms with Gasteiger partial charge < -0.3 is 10.6 Å². The van der Waals surface area contributed by atoms with E-state index < -0.39 is 0 Å². The van der Waals surface area contributed by atoms with Crippen LogP contribution in [0.15, 0.2) is 18.5 Å². The van der Waals surface area contributed by atoms with Gasteiger partial charge >= 0.3 is 0 Å². The SMILES string of the molecule is CNc1ccncc1C(=O)NCCCCSC. The van der Waals surface area contributed by atoms with Gasteiger partial charge in [0.2, 0.25) is 0 Å². The predicted molar refractivity (Wildman–Crippen MR) is 73.7 cm³/mol. The molecule has 0 spiro atoms. The number of aromatic nitrogens is 1. The third kappa shape index (κ3) is 4.65. The van der Waals surface area contributed by atoms with Crippen LogP contribution in [0.2, 0.25) is 0 Å². The van der Waals surface area contributed by atoms with Crippen LogP contribution in [0.5, 0.6) is 0 Å². The molecule has 4 nitrogen and oxygen atoms in total. The summed E-state index contributed by atoms with van der Waals surface area (Å²) in [7, 11) is 1.80. The summed E-state index contributed by atoms with van der Waals surface area (Å²) in [4.78, 5) is 15.8. The molecule has 0 aliphatic heterocycles. The second kappa shape index (κ2) is 7.95. The molecule has 0 saturated carbocycles. The quantitative estimate of drug-likeness (QED) is 0.730. The van der Waals surface area contributed by atoms with Crippen LogP contribution < -0.4 is 10.6 Å². The fourth-order valence-corrected chi connectivity index (χ4v) is 1.95. The van der Waals surface area contributed by atoms with Crippen LogP contribution in [-0.2, 0) is 0 Å². The zero-order valence-electron chi connectivity index (χ0n) is 10.3. The molecule has 0 aromatic carbocycles. The third-order valence-electron chi connectivity index (χ3n) is 2.40. The molecule has 0 atom stereocenters. The molecule has 0 fully saturated rings. The molecule has 17 heavy (non-hydrogen) atoms. The number of nitrogens with zero attached hydrogens (tertiary/aromatic N) is 1. The Morgan fingerprint density at radius 3 is 3.00 bits per heavy atom. The van der Waals surface area contributed by atoms with Crippen LogP contribution >= 0.6 is 11.8 Å². The van der Waals surface area contributed by atoms with Crippen LogP contribution in [0.4, 0.5) is 5.69 Å². The molecule has 1 heterocycles. The summed E-state index contributed by atoms with van der Waals surface area (Å²) in [5, 5.41) is 5.89. The molecule has 0 aliphatic carbocycles. The smallest absolute Gasteiger partial charge is 0.254 e. The molecule has 0 unspecified atom stereocenters. The summed E-state index contributed by atoms with van der Waals surface area (Å²) < 4.78 is 0. The lowest BCUT2D eigenvalue weighted by Crippen LogP contribution is -2.25. The molecule has 0 bridgehead atoms. The molecule has 0 radical (unpaired) electrons. The first-order chi connectivity index (χ1) is 8.29. The van der Waals surface area contributed by atoms with Crippen molar-refractivity contribution < 1.29 is 4.79 Å². The number of carbonyl (C=O) groups is 1. The van der Waals surface area contributed by atoms with Crippen LogP contribution in [0.3, 0.4) is 0 Å². The van der Waals surface area contributed by atoms with Crippen molar-refractivity contribution in [1.29, 1.82) is 0 Å². The Morgan fingerprint density at radius 1 is 1.47 bits per heavy atom. The zero-order valence-corrected chi connectivity index (χ0v) is 11.1. The summed E-state index contributed by atoms with van der Waals surface area (Å²) >= 11 is 1.83. The molecular formula is C12H19N3OS. The van der Waals surface area contributed by atoms with E-state index in [1.807, 2.05) is 11.8 Å². The zero-order chi connectivity index (χ0) is 12.5. The molecule has 5 heteroatoms. The second-order valence-corrected chi connectivity index (χ2v) is 4.61. The monoisotopic (exact) mass is 253 g/mol. The van der Waals surface area contributed by atoms with Crippen molar-refractivity contribution in [3.63, 3.8) is 0 Å². The Hall–Kier alpha value is -1.23. The first-order valence-corrected chi connectivity index (χ1v) is 7.08. The van der Waals surface area contributed by atoms with Gasteiger partial charge in [0.1, 0.15) is 0 Å². The number of unbranched alkanes of at least 4 members (excludes halogenated alkanes) is 1. The fraction of sp³-hybridized carbons (Fsp3) is 0.500. The van der Waals surface area contributed by atoms with E-state index in [9.17, 15) is 4.79 Å². The highest BCUT2D eigenvalue weighted by Crippen LogP contribution is 2.12. The lowest BCUT2D eigenvalue weighted by Gasteiger charge is -2.08. The number of nitrogens with one attached hydrogen (secondary N) is 2. The lowest BCUT2D eigenvalue weighted by molar-refractivity contribution is 0.0953. The molecular weight excluding hydrogens is 234 g/mol. The lowest BCUT2D eigenvalue weighted by atomic mass is 10.2. The van der Waals surface area contributed by atoms with Crippen molar-refractivity contribution >= 4 is 23.4 Å². The van der Waals surface area contributed by atoms with Crippen LogP contribution in [0.1, 0.15) is 23.2 Å². The fourth-order valence-electron chi connectivity index (χ4n) is 1.46. The molecule has 94 valence electrons. The number of pyridine rings is 1. The second-order valence-electron chi connectivity index (χ2n) is 3.63. The number of hydrogen-bond donors (Lipinski definition) is 2. The van der Waals surface area contributed by atoms with E-state index in [2.05, 4.69) is 21.9 Å². The van der Waals surface area contributed by atoms with Gasteiger partial charge in [-0.2, -0.15) is 11.8 Å². The van der Waals surface area contributed by atoms with E-state index in [-0.39, 0.29) is 5.91 Å². The van der Waals surface area contributed by atoms with Crippen molar-refractivity contribution in [3.8, 4) is 0 Å².